The van der Waals surface area contributed by atoms with Crippen LogP contribution in [0.1, 0.15) is 11.7 Å². The Bertz CT molecular complexity index is 360. The molecule has 0 heterocycles. The van der Waals surface area contributed by atoms with E-state index >= 15 is 0 Å². The quantitative estimate of drug-likeness (QED) is 0.427. The van der Waals surface area contributed by atoms with Crippen molar-refractivity contribution in [2.45, 2.75) is 12.2 Å². The molecule has 1 aromatic carbocycles. The minimum absolute atomic E-state index is 0.209. The molecule has 5 heteroatoms. The van der Waals surface area contributed by atoms with E-state index < -0.39 is 12.2 Å². The third kappa shape index (κ3) is 3.41. The predicted octanol–water partition coefficient (Wildman–Crippen LogP) is 1.74. The summed E-state index contributed by atoms with van der Waals surface area (Å²) in [5.41, 5.74) is 1.29. The SMILES string of the molecule is OC(CS)C(O)c1ccc(N=C=S)cc1. The molecule has 0 saturated carbocycles. The summed E-state index contributed by atoms with van der Waals surface area (Å²) >= 11 is 8.37. The van der Waals surface area contributed by atoms with Gasteiger partial charge in [0, 0.05) is 5.75 Å². The van der Waals surface area contributed by atoms with Gasteiger partial charge in [0.05, 0.1) is 17.0 Å². The maximum Gasteiger partial charge on any atom is 0.106 e. The molecule has 0 aliphatic carbocycles. The van der Waals surface area contributed by atoms with Gasteiger partial charge in [0.25, 0.3) is 0 Å². The number of aliphatic imine (C=N–C) groups is 1. The second-order valence-electron chi connectivity index (χ2n) is 2.99. The maximum absolute atomic E-state index is 9.64. The van der Waals surface area contributed by atoms with Crippen molar-refractivity contribution in [1.82, 2.24) is 0 Å². The lowest BCUT2D eigenvalue weighted by atomic mass is 10.1. The van der Waals surface area contributed by atoms with Crippen LogP contribution >= 0.6 is 24.8 Å². The zero-order chi connectivity index (χ0) is 11.3. The van der Waals surface area contributed by atoms with Crippen molar-refractivity contribution in [2.24, 2.45) is 4.99 Å². The van der Waals surface area contributed by atoms with Crippen LogP contribution in [-0.2, 0) is 0 Å². The van der Waals surface area contributed by atoms with E-state index in [1.807, 2.05) is 0 Å². The van der Waals surface area contributed by atoms with E-state index in [1.165, 1.54) is 0 Å². The summed E-state index contributed by atoms with van der Waals surface area (Å²) < 4.78 is 0. The molecule has 0 aliphatic rings. The van der Waals surface area contributed by atoms with Crippen LogP contribution in [0, 0.1) is 0 Å². The molecule has 0 spiro atoms. The number of hydrogen-bond donors (Lipinski definition) is 3. The van der Waals surface area contributed by atoms with Gasteiger partial charge in [-0.1, -0.05) is 12.1 Å². The number of hydrogen-bond acceptors (Lipinski definition) is 5. The van der Waals surface area contributed by atoms with E-state index in [4.69, 9.17) is 0 Å². The molecule has 0 fully saturated rings. The van der Waals surface area contributed by atoms with E-state index in [9.17, 15) is 10.2 Å². The molecule has 2 N–H and O–H groups in total. The Morgan fingerprint density at radius 2 is 1.93 bits per heavy atom. The highest BCUT2D eigenvalue weighted by Gasteiger charge is 2.16. The first-order chi connectivity index (χ1) is 7.19. The zero-order valence-electron chi connectivity index (χ0n) is 7.87. The Morgan fingerprint density at radius 3 is 2.40 bits per heavy atom. The second kappa shape index (κ2) is 6.00. The number of thiocarbonyl (C=S) groups is 1. The highest BCUT2D eigenvalue weighted by molar-refractivity contribution is 7.80. The molecule has 0 amide bonds. The first-order valence-electron chi connectivity index (χ1n) is 4.34. The highest BCUT2D eigenvalue weighted by atomic mass is 32.1. The lowest BCUT2D eigenvalue weighted by Gasteiger charge is -2.15. The van der Waals surface area contributed by atoms with Crippen molar-refractivity contribution in [3.05, 3.63) is 29.8 Å². The van der Waals surface area contributed by atoms with Crippen molar-refractivity contribution < 1.29 is 10.2 Å². The van der Waals surface area contributed by atoms with E-state index in [0.29, 0.717) is 11.3 Å². The van der Waals surface area contributed by atoms with Crippen molar-refractivity contribution >= 4 is 35.7 Å². The average molecular weight is 241 g/mol. The lowest BCUT2D eigenvalue weighted by Crippen LogP contribution is -2.19. The van der Waals surface area contributed by atoms with Crippen molar-refractivity contribution in [3.63, 3.8) is 0 Å². The predicted molar refractivity (Wildman–Crippen MR) is 65.9 cm³/mol. The fourth-order valence-corrected chi connectivity index (χ4v) is 1.43. The summed E-state index contributed by atoms with van der Waals surface area (Å²) in [6.07, 6.45) is -1.79. The van der Waals surface area contributed by atoms with Crippen LogP contribution < -0.4 is 0 Å². The largest absolute Gasteiger partial charge is 0.389 e. The number of benzene rings is 1. The van der Waals surface area contributed by atoms with E-state index in [-0.39, 0.29) is 5.75 Å². The van der Waals surface area contributed by atoms with Gasteiger partial charge in [-0.2, -0.15) is 17.6 Å². The fourth-order valence-electron chi connectivity index (χ4n) is 1.12. The van der Waals surface area contributed by atoms with Gasteiger partial charge in [-0.3, -0.25) is 0 Å². The molecular weight excluding hydrogens is 230 g/mol. The Labute approximate surface area is 98.9 Å². The summed E-state index contributed by atoms with van der Waals surface area (Å²) in [6.45, 7) is 0. The topological polar surface area (TPSA) is 52.8 Å². The third-order valence-electron chi connectivity index (χ3n) is 1.96. The van der Waals surface area contributed by atoms with Crippen LogP contribution in [0.15, 0.2) is 29.3 Å². The van der Waals surface area contributed by atoms with Gasteiger partial charge in [0.2, 0.25) is 0 Å². The van der Waals surface area contributed by atoms with Crippen molar-refractivity contribution in [1.29, 1.82) is 0 Å². The fraction of sp³-hybridized carbons (Fsp3) is 0.300. The van der Waals surface area contributed by atoms with Gasteiger partial charge in [-0.05, 0) is 29.9 Å². The summed E-state index contributed by atoms with van der Waals surface area (Å²) in [5.74, 6) is 0.209. The number of thiol groups is 1. The molecule has 0 radical (unpaired) electrons. The molecule has 1 aromatic rings. The Balaban J connectivity index is 2.83. The number of isothiocyanates is 1. The minimum Gasteiger partial charge on any atom is -0.389 e. The molecule has 1 rings (SSSR count). The van der Waals surface area contributed by atoms with E-state index in [0.717, 1.165) is 0 Å². The molecule has 0 aliphatic heterocycles. The molecule has 15 heavy (non-hydrogen) atoms. The van der Waals surface area contributed by atoms with E-state index in [2.05, 4.69) is 35.0 Å². The van der Waals surface area contributed by atoms with Crippen LogP contribution in [-0.4, -0.2) is 27.2 Å². The average Bonchev–Trinajstić information content (AvgIpc) is 2.28. The second-order valence-corrected chi connectivity index (χ2v) is 3.54. The molecule has 0 bridgehead atoms. The van der Waals surface area contributed by atoms with Crippen LogP contribution in [0.4, 0.5) is 5.69 Å². The summed E-state index contributed by atoms with van der Waals surface area (Å²) in [4.78, 5) is 3.78. The minimum atomic E-state index is -0.923. The number of nitrogens with zero attached hydrogens (tertiary/aromatic N) is 1. The Morgan fingerprint density at radius 1 is 1.33 bits per heavy atom. The van der Waals surface area contributed by atoms with Crippen molar-refractivity contribution in [2.75, 3.05) is 5.75 Å². The third-order valence-corrected chi connectivity index (χ3v) is 2.43. The molecule has 3 nitrogen and oxygen atoms in total. The first-order valence-corrected chi connectivity index (χ1v) is 5.38. The van der Waals surface area contributed by atoms with Gasteiger partial charge in [-0.25, -0.2) is 0 Å². The molecule has 0 saturated heterocycles. The smallest absolute Gasteiger partial charge is 0.106 e. The highest BCUT2D eigenvalue weighted by Crippen LogP contribution is 2.20. The number of aliphatic hydroxyl groups excluding tert-OH is 2. The molecule has 0 aromatic heterocycles. The monoisotopic (exact) mass is 241 g/mol. The summed E-state index contributed by atoms with van der Waals surface area (Å²) in [6, 6.07) is 6.76. The summed E-state index contributed by atoms with van der Waals surface area (Å²) in [7, 11) is 0. The standard InChI is InChI=1S/C10H11NO2S2/c12-9(5-14)10(13)7-1-3-8(4-2-7)11-6-15/h1-4,9-10,12-14H,5H2. The Hall–Kier alpha value is -0.710. The van der Waals surface area contributed by atoms with Crippen molar-refractivity contribution in [3.8, 4) is 0 Å². The van der Waals surface area contributed by atoms with Crippen LogP contribution in [0.2, 0.25) is 0 Å². The van der Waals surface area contributed by atoms with Gasteiger partial charge in [-0.15, -0.1) is 0 Å². The normalized spacial score (nSPS) is 14.1. The van der Waals surface area contributed by atoms with Gasteiger partial charge in [0.1, 0.15) is 6.10 Å². The van der Waals surface area contributed by atoms with Crippen LogP contribution in [0.25, 0.3) is 0 Å². The molecule has 2 unspecified atom stereocenters. The van der Waals surface area contributed by atoms with Crippen LogP contribution in [0.3, 0.4) is 0 Å². The molecule has 80 valence electrons. The summed E-state index contributed by atoms with van der Waals surface area (Å²) in [5, 5.41) is 21.3. The maximum atomic E-state index is 9.64. The lowest BCUT2D eigenvalue weighted by molar-refractivity contribution is 0.0338. The van der Waals surface area contributed by atoms with Gasteiger partial charge < -0.3 is 10.2 Å². The molecule has 2 atom stereocenters. The van der Waals surface area contributed by atoms with Crippen LogP contribution in [0.5, 0.6) is 0 Å². The van der Waals surface area contributed by atoms with Gasteiger partial charge >= 0.3 is 0 Å². The Kier molecular flexibility index (Phi) is 4.94. The number of aliphatic hydroxyl groups is 2. The van der Waals surface area contributed by atoms with E-state index in [1.54, 1.807) is 24.3 Å². The zero-order valence-corrected chi connectivity index (χ0v) is 9.58. The molecular formula is C10H11NO2S2. The van der Waals surface area contributed by atoms with Gasteiger partial charge in [0.15, 0.2) is 0 Å². The number of rotatable bonds is 4. The first kappa shape index (κ1) is 12.4.